The summed E-state index contributed by atoms with van der Waals surface area (Å²) in [5, 5.41) is 0.726. The molecule has 2 aromatic rings. The first-order valence-electron chi connectivity index (χ1n) is 4.30. The van der Waals surface area contributed by atoms with Gasteiger partial charge in [0.15, 0.2) is 0 Å². The Hall–Kier alpha value is -1.41. The summed E-state index contributed by atoms with van der Waals surface area (Å²) in [6.45, 7) is 1.95. The molecule has 0 aliphatic carbocycles. The number of hydrogen-bond acceptors (Lipinski definition) is 2. The topological polar surface area (TPSA) is 25.8 Å². The van der Waals surface area contributed by atoms with E-state index in [-0.39, 0.29) is 0 Å². The second kappa shape index (κ2) is 3.76. The van der Waals surface area contributed by atoms with Crippen molar-refractivity contribution in [3.63, 3.8) is 0 Å². The number of hydrogen-bond donors (Lipinski definition) is 0. The molecule has 0 aromatic carbocycles. The maximum Gasteiger partial charge on any atom is 0.0517 e. The van der Waals surface area contributed by atoms with Crippen molar-refractivity contribution in [2.24, 2.45) is 0 Å². The number of pyridine rings is 2. The fraction of sp³-hybridized carbons (Fsp3) is 0.0909. The van der Waals surface area contributed by atoms with Crippen LogP contribution in [0.4, 0.5) is 0 Å². The highest BCUT2D eigenvalue weighted by Gasteiger charge is 2.06. The van der Waals surface area contributed by atoms with Crippen LogP contribution >= 0.6 is 11.6 Å². The molecule has 0 bridgehead atoms. The van der Waals surface area contributed by atoms with E-state index in [0.717, 1.165) is 21.8 Å². The molecule has 3 heteroatoms. The predicted molar refractivity (Wildman–Crippen MR) is 57.2 cm³/mol. The van der Waals surface area contributed by atoms with Gasteiger partial charge in [0.1, 0.15) is 0 Å². The standard InChI is InChI=1S/C11H9ClN2/c1-8-11(10(12)4-7-14-8)9-2-5-13-6-3-9/h2-7H,1H3. The van der Waals surface area contributed by atoms with Crippen LogP contribution in [-0.4, -0.2) is 9.97 Å². The number of halogens is 1. The average Bonchev–Trinajstić information content (AvgIpc) is 2.19. The molecule has 0 amide bonds. The molecule has 2 heterocycles. The van der Waals surface area contributed by atoms with E-state index in [2.05, 4.69) is 9.97 Å². The summed E-state index contributed by atoms with van der Waals surface area (Å²) in [4.78, 5) is 8.18. The molecule has 0 saturated carbocycles. The summed E-state index contributed by atoms with van der Waals surface area (Å²) in [5.74, 6) is 0. The first-order chi connectivity index (χ1) is 6.79. The molecule has 0 fully saturated rings. The van der Waals surface area contributed by atoms with E-state index in [1.807, 2.05) is 19.1 Å². The fourth-order valence-corrected chi connectivity index (χ4v) is 1.70. The van der Waals surface area contributed by atoms with Crippen LogP contribution in [0, 0.1) is 6.92 Å². The minimum Gasteiger partial charge on any atom is -0.265 e. The Kier molecular flexibility index (Phi) is 2.46. The van der Waals surface area contributed by atoms with Crippen LogP contribution in [-0.2, 0) is 0 Å². The van der Waals surface area contributed by atoms with Crippen molar-refractivity contribution in [1.82, 2.24) is 9.97 Å². The van der Waals surface area contributed by atoms with Crippen molar-refractivity contribution < 1.29 is 0 Å². The van der Waals surface area contributed by atoms with Gasteiger partial charge in [0.2, 0.25) is 0 Å². The lowest BCUT2D eigenvalue weighted by atomic mass is 10.1. The van der Waals surface area contributed by atoms with Crippen LogP contribution in [0.1, 0.15) is 5.69 Å². The van der Waals surface area contributed by atoms with Crippen LogP contribution in [0.5, 0.6) is 0 Å². The normalized spacial score (nSPS) is 10.1. The third-order valence-corrected chi connectivity index (χ3v) is 2.37. The fourth-order valence-electron chi connectivity index (χ4n) is 1.40. The maximum atomic E-state index is 6.10. The van der Waals surface area contributed by atoms with Crippen molar-refractivity contribution in [3.8, 4) is 11.1 Å². The summed E-state index contributed by atoms with van der Waals surface area (Å²) < 4.78 is 0. The molecule has 2 rings (SSSR count). The van der Waals surface area contributed by atoms with Gasteiger partial charge in [0.05, 0.1) is 5.02 Å². The average molecular weight is 205 g/mol. The zero-order chi connectivity index (χ0) is 9.97. The summed E-state index contributed by atoms with van der Waals surface area (Å²) in [6, 6.07) is 5.65. The van der Waals surface area contributed by atoms with E-state index in [4.69, 9.17) is 11.6 Å². The van der Waals surface area contributed by atoms with Crippen LogP contribution in [0.15, 0.2) is 36.8 Å². The van der Waals surface area contributed by atoms with Gasteiger partial charge in [-0.3, -0.25) is 9.97 Å². The van der Waals surface area contributed by atoms with Gasteiger partial charge >= 0.3 is 0 Å². The SMILES string of the molecule is Cc1nccc(Cl)c1-c1ccncc1. The van der Waals surface area contributed by atoms with Crippen LogP contribution in [0.3, 0.4) is 0 Å². The van der Waals surface area contributed by atoms with Gasteiger partial charge in [-0.1, -0.05) is 11.6 Å². The first kappa shape index (κ1) is 9.16. The highest BCUT2D eigenvalue weighted by molar-refractivity contribution is 6.33. The lowest BCUT2D eigenvalue weighted by molar-refractivity contribution is 1.20. The molecule has 0 atom stereocenters. The lowest BCUT2D eigenvalue weighted by Gasteiger charge is -2.06. The van der Waals surface area contributed by atoms with Gasteiger partial charge < -0.3 is 0 Å². The Morgan fingerprint density at radius 2 is 1.79 bits per heavy atom. The Morgan fingerprint density at radius 1 is 1.07 bits per heavy atom. The monoisotopic (exact) mass is 204 g/mol. The van der Waals surface area contributed by atoms with Gasteiger partial charge in [-0.15, -0.1) is 0 Å². The molecule has 70 valence electrons. The molecular formula is C11H9ClN2. The summed E-state index contributed by atoms with van der Waals surface area (Å²) in [5.41, 5.74) is 2.97. The lowest BCUT2D eigenvalue weighted by Crippen LogP contribution is -1.88. The number of aryl methyl sites for hydroxylation is 1. The smallest absolute Gasteiger partial charge is 0.0517 e. The minimum absolute atomic E-state index is 0.726. The first-order valence-corrected chi connectivity index (χ1v) is 4.68. The number of aromatic nitrogens is 2. The second-order valence-corrected chi connectivity index (χ2v) is 3.40. The van der Waals surface area contributed by atoms with E-state index in [0.29, 0.717) is 0 Å². The largest absolute Gasteiger partial charge is 0.265 e. The van der Waals surface area contributed by atoms with Crippen molar-refractivity contribution in [2.75, 3.05) is 0 Å². The molecular weight excluding hydrogens is 196 g/mol. The molecule has 2 aromatic heterocycles. The molecule has 14 heavy (non-hydrogen) atoms. The van der Waals surface area contributed by atoms with Gasteiger partial charge in [-0.2, -0.15) is 0 Å². The van der Waals surface area contributed by atoms with Crippen LogP contribution in [0.25, 0.3) is 11.1 Å². The summed E-state index contributed by atoms with van der Waals surface area (Å²) in [6.07, 6.45) is 5.21. The highest BCUT2D eigenvalue weighted by Crippen LogP contribution is 2.28. The van der Waals surface area contributed by atoms with Crippen molar-refractivity contribution in [3.05, 3.63) is 47.5 Å². The molecule has 0 aliphatic rings. The molecule has 0 N–H and O–H groups in total. The molecule has 0 saturated heterocycles. The van der Waals surface area contributed by atoms with E-state index >= 15 is 0 Å². The zero-order valence-electron chi connectivity index (χ0n) is 7.74. The molecule has 0 aliphatic heterocycles. The molecule has 0 spiro atoms. The van der Waals surface area contributed by atoms with E-state index in [9.17, 15) is 0 Å². The predicted octanol–water partition coefficient (Wildman–Crippen LogP) is 3.11. The van der Waals surface area contributed by atoms with E-state index in [1.165, 1.54) is 0 Å². The van der Waals surface area contributed by atoms with Gasteiger partial charge in [-0.25, -0.2) is 0 Å². The third-order valence-electron chi connectivity index (χ3n) is 2.06. The van der Waals surface area contributed by atoms with Crippen LogP contribution in [0.2, 0.25) is 5.02 Å². The van der Waals surface area contributed by atoms with Gasteiger partial charge in [0, 0.05) is 29.8 Å². The quantitative estimate of drug-likeness (QED) is 0.714. The Balaban J connectivity index is 2.63. The summed E-state index contributed by atoms with van der Waals surface area (Å²) >= 11 is 6.10. The van der Waals surface area contributed by atoms with Crippen molar-refractivity contribution in [1.29, 1.82) is 0 Å². The van der Waals surface area contributed by atoms with Crippen LogP contribution < -0.4 is 0 Å². The second-order valence-electron chi connectivity index (χ2n) is 2.99. The van der Waals surface area contributed by atoms with Crippen molar-refractivity contribution >= 4 is 11.6 Å². The number of rotatable bonds is 1. The molecule has 0 radical (unpaired) electrons. The number of nitrogens with zero attached hydrogens (tertiary/aromatic N) is 2. The van der Waals surface area contributed by atoms with Gasteiger partial charge in [-0.05, 0) is 30.7 Å². The maximum absolute atomic E-state index is 6.10. The van der Waals surface area contributed by atoms with E-state index < -0.39 is 0 Å². The molecule has 2 nitrogen and oxygen atoms in total. The van der Waals surface area contributed by atoms with E-state index in [1.54, 1.807) is 24.7 Å². The highest BCUT2D eigenvalue weighted by atomic mass is 35.5. The third kappa shape index (κ3) is 1.61. The molecule has 0 unspecified atom stereocenters. The summed E-state index contributed by atoms with van der Waals surface area (Å²) in [7, 11) is 0. The Morgan fingerprint density at radius 3 is 2.43 bits per heavy atom. The Labute approximate surface area is 87.6 Å². The zero-order valence-corrected chi connectivity index (χ0v) is 8.49. The minimum atomic E-state index is 0.726. The van der Waals surface area contributed by atoms with Crippen molar-refractivity contribution in [2.45, 2.75) is 6.92 Å². The Bertz CT molecular complexity index is 420. The van der Waals surface area contributed by atoms with Gasteiger partial charge in [0.25, 0.3) is 0 Å².